The van der Waals surface area contributed by atoms with Crippen molar-refractivity contribution < 1.29 is 9.90 Å². The molecule has 0 aromatic heterocycles. The first kappa shape index (κ1) is 13.5. The summed E-state index contributed by atoms with van der Waals surface area (Å²) in [5.41, 5.74) is 5.78. The molecule has 4 N–H and O–H groups in total. The van der Waals surface area contributed by atoms with Gasteiger partial charge in [0.1, 0.15) is 0 Å². The first-order chi connectivity index (χ1) is 7.67. The van der Waals surface area contributed by atoms with E-state index in [4.69, 9.17) is 10.8 Å². The Hall–Kier alpha value is -0.610. The molecule has 1 amide bonds. The zero-order chi connectivity index (χ0) is 12.0. The molecule has 0 heterocycles. The molecular weight excluding hydrogens is 204 g/mol. The number of hydrogen-bond donors (Lipinski definition) is 3. The molecule has 0 spiro atoms. The molecule has 1 rings (SSSR count). The van der Waals surface area contributed by atoms with Gasteiger partial charge >= 0.3 is 0 Å². The Kier molecular flexibility index (Phi) is 5.77. The minimum atomic E-state index is 0.113. The van der Waals surface area contributed by atoms with Crippen LogP contribution in [0.4, 0.5) is 0 Å². The third-order valence-electron chi connectivity index (χ3n) is 3.52. The van der Waals surface area contributed by atoms with Gasteiger partial charge < -0.3 is 16.2 Å². The largest absolute Gasteiger partial charge is 0.396 e. The quantitative estimate of drug-likeness (QED) is 0.624. The third-order valence-corrected chi connectivity index (χ3v) is 3.52. The highest BCUT2D eigenvalue weighted by molar-refractivity contribution is 5.78. The molecule has 4 heteroatoms. The number of nitrogens with two attached hydrogens (primary N) is 1. The Morgan fingerprint density at radius 1 is 1.56 bits per heavy atom. The summed E-state index contributed by atoms with van der Waals surface area (Å²) in [6.45, 7) is 2.96. The average molecular weight is 228 g/mol. The van der Waals surface area contributed by atoms with E-state index in [1.54, 1.807) is 0 Å². The van der Waals surface area contributed by atoms with Crippen LogP contribution in [0.15, 0.2) is 0 Å². The van der Waals surface area contributed by atoms with Crippen molar-refractivity contribution in [3.63, 3.8) is 0 Å². The second-order valence-electron chi connectivity index (χ2n) is 4.80. The molecule has 0 radical (unpaired) electrons. The second-order valence-corrected chi connectivity index (χ2v) is 4.80. The number of hydrogen-bond acceptors (Lipinski definition) is 3. The topological polar surface area (TPSA) is 75.3 Å². The minimum absolute atomic E-state index is 0.113. The molecule has 0 saturated heterocycles. The summed E-state index contributed by atoms with van der Waals surface area (Å²) < 4.78 is 0. The van der Waals surface area contributed by atoms with E-state index in [0.29, 0.717) is 12.5 Å². The summed E-state index contributed by atoms with van der Waals surface area (Å²) in [5, 5.41) is 11.8. The fourth-order valence-electron chi connectivity index (χ4n) is 2.28. The van der Waals surface area contributed by atoms with Crippen molar-refractivity contribution in [1.82, 2.24) is 5.32 Å². The number of carbonyl (C=O) groups excluding carboxylic acids is 1. The summed E-state index contributed by atoms with van der Waals surface area (Å²) in [6.07, 6.45) is 4.46. The van der Waals surface area contributed by atoms with Crippen molar-refractivity contribution in [2.45, 2.75) is 45.1 Å². The molecule has 0 aromatic rings. The molecule has 4 nitrogen and oxygen atoms in total. The van der Waals surface area contributed by atoms with Gasteiger partial charge in [0.15, 0.2) is 0 Å². The molecule has 0 bridgehead atoms. The monoisotopic (exact) mass is 228 g/mol. The normalized spacial score (nSPS) is 26.7. The van der Waals surface area contributed by atoms with Crippen LogP contribution < -0.4 is 11.1 Å². The zero-order valence-corrected chi connectivity index (χ0v) is 10.1. The van der Waals surface area contributed by atoms with Crippen LogP contribution in [-0.2, 0) is 4.79 Å². The Morgan fingerprint density at radius 3 is 2.81 bits per heavy atom. The van der Waals surface area contributed by atoms with Crippen LogP contribution in [0.25, 0.3) is 0 Å². The number of carbonyl (C=O) groups is 1. The van der Waals surface area contributed by atoms with E-state index in [1.807, 2.05) is 0 Å². The van der Waals surface area contributed by atoms with Gasteiger partial charge in [0.05, 0.1) is 0 Å². The van der Waals surface area contributed by atoms with Gasteiger partial charge in [-0.15, -0.1) is 0 Å². The summed E-state index contributed by atoms with van der Waals surface area (Å²) in [5.74, 6) is 0.648. The Balaban J connectivity index is 2.23. The summed E-state index contributed by atoms with van der Waals surface area (Å²) in [6, 6.07) is 0.204. The standard InChI is InChI=1S/C12H24N2O2/c1-2-9(5-6-15)8-14-12(16)10-3-4-11(13)7-10/h9-11,15H,2-8,13H2,1H3,(H,14,16). The fourth-order valence-corrected chi connectivity index (χ4v) is 2.28. The molecule has 1 aliphatic carbocycles. The molecule has 0 aromatic carbocycles. The summed E-state index contributed by atoms with van der Waals surface area (Å²) in [7, 11) is 0. The highest BCUT2D eigenvalue weighted by Crippen LogP contribution is 2.24. The Bertz CT molecular complexity index is 221. The lowest BCUT2D eigenvalue weighted by Crippen LogP contribution is -2.34. The third kappa shape index (κ3) is 4.10. The van der Waals surface area contributed by atoms with Gasteiger partial charge in [-0.25, -0.2) is 0 Å². The molecule has 0 aliphatic heterocycles. The van der Waals surface area contributed by atoms with Gasteiger partial charge in [0, 0.05) is 25.1 Å². The Labute approximate surface area is 97.6 Å². The van der Waals surface area contributed by atoms with E-state index in [9.17, 15) is 4.79 Å². The summed E-state index contributed by atoms with van der Waals surface area (Å²) >= 11 is 0. The van der Waals surface area contributed by atoms with Gasteiger partial charge in [-0.3, -0.25) is 4.79 Å². The second kappa shape index (κ2) is 6.86. The van der Waals surface area contributed by atoms with E-state index in [0.717, 1.165) is 32.1 Å². The highest BCUT2D eigenvalue weighted by atomic mass is 16.3. The number of rotatable bonds is 6. The van der Waals surface area contributed by atoms with Crippen molar-refractivity contribution in [2.75, 3.05) is 13.2 Å². The number of aliphatic hydroxyl groups is 1. The van der Waals surface area contributed by atoms with Gasteiger partial charge in [0.25, 0.3) is 0 Å². The predicted molar refractivity (Wildman–Crippen MR) is 63.8 cm³/mol. The maximum atomic E-state index is 11.8. The smallest absolute Gasteiger partial charge is 0.223 e. The molecular formula is C12H24N2O2. The fraction of sp³-hybridized carbons (Fsp3) is 0.917. The predicted octanol–water partition coefficient (Wildman–Crippen LogP) is 0.639. The van der Waals surface area contributed by atoms with E-state index in [2.05, 4.69) is 12.2 Å². The van der Waals surface area contributed by atoms with Crippen LogP contribution >= 0.6 is 0 Å². The average Bonchev–Trinajstić information content (AvgIpc) is 2.70. The van der Waals surface area contributed by atoms with Crippen LogP contribution in [0.1, 0.15) is 39.0 Å². The molecule has 3 atom stereocenters. The van der Waals surface area contributed by atoms with Gasteiger partial charge in [-0.1, -0.05) is 13.3 Å². The van der Waals surface area contributed by atoms with Crippen LogP contribution in [0, 0.1) is 11.8 Å². The Morgan fingerprint density at radius 2 is 2.31 bits per heavy atom. The number of amides is 1. The molecule has 1 aliphatic rings. The zero-order valence-electron chi connectivity index (χ0n) is 10.1. The minimum Gasteiger partial charge on any atom is -0.396 e. The SMILES string of the molecule is CCC(CCO)CNC(=O)C1CCC(N)C1. The van der Waals surface area contributed by atoms with E-state index in [1.165, 1.54) is 0 Å². The van der Waals surface area contributed by atoms with E-state index in [-0.39, 0.29) is 24.5 Å². The van der Waals surface area contributed by atoms with E-state index < -0.39 is 0 Å². The van der Waals surface area contributed by atoms with Crippen LogP contribution in [-0.4, -0.2) is 30.2 Å². The van der Waals surface area contributed by atoms with Gasteiger partial charge in [0.2, 0.25) is 5.91 Å². The van der Waals surface area contributed by atoms with Crippen molar-refractivity contribution in [3.8, 4) is 0 Å². The molecule has 3 unspecified atom stereocenters. The lowest BCUT2D eigenvalue weighted by Gasteiger charge is -2.16. The van der Waals surface area contributed by atoms with Gasteiger partial charge in [-0.05, 0) is 31.6 Å². The summed E-state index contributed by atoms with van der Waals surface area (Å²) in [4.78, 5) is 11.8. The molecule has 1 fully saturated rings. The maximum absolute atomic E-state index is 11.8. The van der Waals surface area contributed by atoms with Crippen LogP contribution in [0.2, 0.25) is 0 Å². The first-order valence-electron chi connectivity index (χ1n) is 6.31. The number of nitrogens with one attached hydrogen (secondary N) is 1. The van der Waals surface area contributed by atoms with Crippen LogP contribution in [0.3, 0.4) is 0 Å². The highest BCUT2D eigenvalue weighted by Gasteiger charge is 2.27. The lowest BCUT2D eigenvalue weighted by atomic mass is 10.0. The molecule has 16 heavy (non-hydrogen) atoms. The van der Waals surface area contributed by atoms with Crippen molar-refractivity contribution in [3.05, 3.63) is 0 Å². The molecule has 94 valence electrons. The van der Waals surface area contributed by atoms with Crippen molar-refractivity contribution >= 4 is 5.91 Å². The maximum Gasteiger partial charge on any atom is 0.223 e. The van der Waals surface area contributed by atoms with Crippen molar-refractivity contribution in [2.24, 2.45) is 17.6 Å². The van der Waals surface area contributed by atoms with E-state index >= 15 is 0 Å². The van der Waals surface area contributed by atoms with Crippen molar-refractivity contribution in [1.29, 1.82) is 0 Å². The lowest BCUT2D eigenvalue weighted by molar-refractivity contribution is -0.125. The van der Waals surface area contributed by atoms with Crippen LogP contribution in [0.5, 0.6) is 0 Å². The first-order valence-corrected chi connectivity index (χ1v) is 6.31. The van der Waals surface area contributed by atoms with Gasteiger partial charge in [-0.2, -0.15) is 0 Å². The molecule has 1 saturated carbocycles. The number of aliphatic hydroxyl groups excluding tert-OH is 1.